The Morgan fingerprint density at radius 1 is 1.06 bits per heavy atom. The van der Waals surface area contributed by atoms with Gasteiger partial charge in [-0.2, -0.15) is 18.3 Å². The van der Waals surface area contributed by atoms with E-state index in [9.17, 15) is 22.8 Å². The standard InChI is InChI=1S/C26H32F3N5O2/c1-16(25(30)36)32-13-10-18(11-14-32)34-23(17-8-9-17)19(15-31-34)24(35)22-7-4-12-33(22)21-6-3-2-5-20(21)26(27,28)29/h2-3,5-6,15-18,22H,4,7-14H2,1H3,(H2,30,36). The number of primary amides is 1. The summed E-state index contributed by atoms with van der Waals surface area (Å²) in [5.41, 5.74) is 6.30. The topological polar surface area (TPSA) is 84.5 Å². The average molecular weight is 504 g/mol. The van der Waals surface area contributed by atoms with Gasteiger partial charge < -0.3 is 10.6 Å². The molecule has 1 aliphatic carbocycles. The number of amides is 1. The lowest BCUT2D eigenvalue weighted by Gasteiger charge is -2.35. The van der Waals surface area contributed by atoms with Gasteiger partial charge in [0.25, 0.3) is 0 Å². The minimum absolute atomic E-state index is 0.0668. The van der Waals surface area contributed by atoms with Crippen LogP contribution in [-0.4, -0.2) is 58.1 Å². The number of para-hydroxylation sites is 1. The molecule has 194 valence electrons. The normalized spacial score (nSPS) is 22.7. The van der Waals surface area contributed by atoms with Crippen molar-refractivity contribution in [2.75, 3.05) is 24.5 Å². The number of rotatable bonds is 7. The van der Waals surface area contributed by atoms with Gasteiger partial charge in [-0.05, 0) is 57.6 Å². The highest BCUT2D eigenvalue weighted by atomic mass is 19.4. The Labute approximate surface area is 208 Å². The number of nitrogens with zero attached hydrogens (tertiary/aromatic N) is 4. The molecule has 0 bridgehead atoms. The first-order chi connectivity index (χ1) is 17.2. The zero-order chi connectivity index (χ0) is 25.6. The maximum atomic E-state index is 13.8. The summed E-state index contributed by atoms with van der Waals surface area (Å²) in [5.74, 6) is -0.226. The van der Waals surface area contributed by atoms with E-state index in [1.807, 2.05) is 11.6 Å². The van der Waals surface area contributed by atoms with Crippen LogP contribution >= 0.6 is 0 Å². The fourth-order valence-corrected chi connectivity index (χ4v) is 5.78. The van der Waals surface area contributed by atoms with Gasteiger partial charge in [-0.3, -0.25) is 19.2 Å². The first-order valence-electron chi connectivity index (χ1n) is 12.7. The van der Waals surface area contributed by atoms with E-state index in [-0.39, 0.29) is 35.4 Å². The number of halogens is 3. The van der Waals surface area contributed by atoms with Crippen LogP contribution in [0.15, 0.2) is 30.5 Å². The van der Waals surface area contributed by atoms with Crippen molar-refractivity contribution in [3.63, 3.8) is 0 Å². The van der Waals surface area contributed by atoms with Crippen LogP contribution < -0.4 is 10.6 Å². The monoisotopic (exact) mass is 503 g/mol. The van der Waals surface area contributed by atoms with E-state index in [1.54, 1.807) is 17.2 Å². The summed E-state index contributed by atoms with van der Waals surface area (Å²) < 4.78 is 43.1. The third-order valence-corrected chi connectivity index (χ3v) is 7.94. The van der Waals surface area contributed by atoms with Crippen molar-refractivity contribution in [3.05, 3.63) is 47.3 Å². The summed E-state index contributed by atoms with van der Waals surface area (Å²) in [6, 6.07) is 4.66. The molecular formula is C26H32F3N5O2. The number of hydrogen-bond acceptors (Lipinski definition) is 5. The zero-order valence-corrected chi connectivity index (χ0v) is 20.4. The van der Waals surface area contributed by atoms with E-state index in [1.165, 1.54) is 12.1 Å². The summed E-state index contributed by atoms with van der Waals surface area (Å²) in [6.07, 6.45) is 1.86. The van der Waals surface area contributed by atoms with E-state index < -0.39 is 17.8 Å². The smallest absolute Gasteiger partial charge is 0.368 e. The van der Waals surface area contributed by atoms with E-state index in [0.29, 0.717) is 38.0 Å². The molecular weight excluding hydrogens is 471 g/mol. The van der Waals surface area contributed by atoms with Crippen molar-refractivity contribution in [1.82, 2.24) is 14.7 Å². The van der Waals surface area contributed by atoms with E-state index in [2.05, 4.69) is 10.00 Å². The van der Waals surface area contributed by atoms with E-state index in [4.69, 9.17) is 5.73 Å². The largest absolute Gasteiger partial charge is 0.418 e. The van der Waals surface area contributed by atoms with E-state index >= 15 is 0 Å². The van der Waals surface area contributed by atoms with Gasteiger partial charge in [0.1, 0.15) is 0 Å². The summed E-state index contributed by atoms with van der Waals surface area (Å²) >= 11 is 0. The molecule has 10 heteroatoms. The number of benzene rings is 1. The first kappa shape index (κ1) is 24.8. The zero-order valence-electron chi connectivity index (χ0n) is 20.4. The lowest BCUT2D eigenvalue weighted by Crippen LogP contribution is -2.47. The number of piperidine rings is 1. The predicted molar refractivity (Wildman–Crippen MR) is 129 cm³/mol. The quantitative estimate of drug-likeness (QED) is 0.574. The number of carbonyl (C=O) groups excluding carboxylic acids is 2. The number of Topliss-reactive ketones (excluding diaryl/α,β-unsaturated/α-hetero) is 1. The molecule has 2 aromatic rings. The number of hydrogen-bond donors (Lipinski definition) is 1. The number of nitrogens with two attached hydrogens (primary N) is 1. The molecule has 7 nitrogen and oxygen atoms in total. The van der Waals surface area contributed by atoms with Crippen LogP contribution in [0.1, 0.15) is 79.0 Å². The van der Waals surface area contributed by atoms with Crippen molar-refractivity contribution in [3.8, 4) is 0 Å². The van der Waals surface area contributed by atoms with Crippen molar-refractivity contribution in [1.29, 1.82) is 0 Å². The average Bonchev–Trinajstić information content (AvgIpc) is 3.40. The van der Waals surface area contributed by atoms with Crippen LogP contribution in [-0.2, 0) is 11.0 Å². The molecule has 0 spiro atoms. The Kier molecular flexibility index (Phi) is 6.57. The summed E-state index contributed by atoms with van der Waals surface area (Å²) in [5, 5.41) is 4.64. The van der Waals surface area contributed by atoms with Gasteiger partial charge in [0.05, 0.1) is 41.1 Å². The highest BCUT2D eigenvalue weighted by Gasteiger charge is 2.42. The molecule has 2 aliphatic heterocycles. The third kappa shape index (κ3) is 4.63. The molecule has 2 saturated heterocycles. The lowest BCUT2D eigenvalue weighted by molar-refractivity contribution is -0.137. The van der Waals surface area contributed by atoms with E-state index in [0.717, 1.165) is 37.4 Å². The minimum atomic E-state index is -4.49. The maximum Gasteiger partial charge on any atom is 0.418 e. The van der Waals surface area contributed by atoms with Gasteiger partial charge in [0.2, 0.25) is 5.91 Å². The first-order valence-corrected chi connectivity index (χ1v) is 12.7. The summed E-state index contributed by atoms with van der Waals surface area (Å²) in [6.45, 7) is 3.65. The fraction of sp³-hybridized carbons (Fsp3) is 0.577. The molecule has 2 N–H and O–H groups in total. The second-order valence-electron chi connectivity index (χ2n) is 10.2. The Morgan fingerprint density at radius 2 is 1.75 bits per heavy atom. The number of ketones is 1. The fourth-order valence-electron chi connectivity index (χ4n) is 5.78. The molecule has 1 amide bonds. The second kappa shape index (κ2) is 9.53. The number of carbonyl (C=O) groups is 2. The Balaban J connectivity index is 1.40. The third-order valence-electron chi connectivity index (χ3n) is 7.94. The van der Waals surface area contributed by atoms with Crippen LogP contribution in [0.4, 0.5) is 18.9 Å². The molecule has 2 atom stereocenters. The van der Waals surface area contributed by atoms with Gasteiger partial charge in [-0.25, -0.2) is 0 Å². The van der Waals surface area contributed by atoms with Crippen LogP contribution in [0.5, 0.6) is 0 Å². The molecule has 3 heterocycles. The van der Waals surface area contributed by atoms with Crippen molar-refractivity contribution >= 4 is 17.4 Å². The maximum absolute atomic E-state index is 13.8. The van der Waals surface area contributed by atoms with Gasteiger partial charge in [-0.1, -0.05) is 12.1 Å². The second-order valence-corrected chi connectivity index (χ2v) is 10.2. The van der Waals surface area contributed by atoms with Gasteiger partial charge in [0, 0.05) is 31.2 Å². The molecule has 1 saturated carbocycles. The Hall–Kier alpha value is -2.88. The number of aromatic nitrogens is 2. The van der Waals surface area contributed by atoms with Crippen molar-refractivity contribution in [2.24, 2.45) is 5.73 Å². The molecule has 2 unspecified atom stereocenters. The molecule has 1 aromatic carbocycles. The molecule has 0 radical (unpaired) electrons. The van der Waals surface area contributed by atoms with Crippen LogP contribution in [0.3, 0.4) is 0 Å². The highest BCUT2D eigenvalue weighted by molar-refractivity contribution is 6.03. The predicted octanol–water partition coefficient (Wildman–Crippen LogP) is 4.14. The minimum Gasteiger partial charge on any atom is -0.368 e. The number of anilines is 1. The molecule has 1 aromatic heterocycles. The van der Waals surface area contributed by atoms with Crippen molar-refractivity contribution in [2.45, 2.75) is 75.7 Å². The molecule has 3 aliphatic rings. The van der Waals surface area contributed by atoms with Gasteiger partial charge in [0.15, 0.2) is 5.78 Å². The lowest BCUT2D eigenvalue weighted by atomic mass is 9.98. The highest BCUT2D eigenvalue weighted by Crippen LogP contribution is 2.45. The van der Waals surface area contributed by atoms with Crippen molar-refractivity contribution < 1.29 is 22.8 Å². The van der Waals surface area contributed by atoms with Crippen LogP contribution in [0.2, 0.25) is 0 Å². The molecule has 5 rings (SSSR count). The number of alkyl halides is 3. The Morgan fingerprint density at radius 3 is 2.39 bits per heavy atom. The van der Waals surface area contributed by atoms with Gasteiger partial charge in [-0.15, -0.1) is 0 Å². The molecule has 3 fully saturated rings. The Bertz CT molecular complexity index is 1130. The molecule has 36 heavy (non-hydrogen) atoms. The number of likely N-dealkylation sites (tertiary alicyclic amines) is 1. The van der Waals surface area contributed by atoms with Crippen LogP contribution in [0.25, 0.3) is 0 Å². The SMILES string of the molecule is CC(C(N)=O)N1CCC(n2ncc(C(=O)C3CCCN3c3ccccc3C(F)(F)F)c2C2CC2)CC1. The van der Waals surface area contributed by atoms with Crippen LogP contribution in [0, 0.1) is 0 Å². The summed E-state index contributed by atoms with van der Waals surface area (Å²) in [4.78, 5) is 29.1. The van der Waals surface area contributed by atoms with Gasteiger partial charge >= 0.3 is 6.18 Å². The summed E-state index contributed by atoms with van der Waals surface area (Å²) in [7, 11) is 0.